The molecule has 10 heteroatoms. The van der Waals surface area contributed by atoms with Crippen LogP contribution in [-0.4, -0.2) is 70.2 Å². The van der Waals surface area contributed by atoms with Gasteiger partial charge in [-0.1, -0.05) is 43.3 Å². The van der Waals surface area contributed by atoms with Gasteiger partial charge in [0.1, 0.15) is 0 Å². The fourth-order valence-electron chi connectivity index (χ4n) is 3.70. The summed E-state index contributed by atoms with van der Waals surface area (Å²) in [5, 5.41) is 12.3. The minimum Gasteiger partial charge on any atom is -0.462 e. The lowest BCUT2D eigenvalue weighted by molar-refractivity contribution is -0.113. The number of unbranched alkanes of at least 4 members (excludes halogenated alkanes) is 1. The number of thioether (sulfide) groups is 1. The highest BCUT2D eigenvalue weighted by atomic mass is 32.2. The van der Waals surface area contributed by atoms with E-state index in [0.29, 0.717) is 42.8 Å². The third-order valence-electron chi connectivity index (χ3n) is 5.65. The van der Waals surface area contributed by atoms with Crippen LogP contribution in [0.5, 0.6) is 0 Å². The Hall–Kier alpha value is -3.21. The number of ether oxygens (including phenoxy) is 2. The number of hydrogen-bond donors (Lipinski definition) is 1. The van der Waals surface area contributed by atoms with Gasteiger partial charge in [0, 0.05) is 24.5 Å². The molecular formula is C26H31N5O4S. The second-order valence-corrected chi connectivity index (χ2v) is 9.30. The predicted molar refractivity (Wildman–Crippen MR) is 138 cm³/mol. The lowest BCUT2D eigenvalue weighted by atomic mass is 10.2. The maximum absolute atomic E-state index is 12.6. The number of esters is 1. The largest absolute Gasteiger partial charge is 0.462 e. The fourth-order valence-corrected chi connectivity index (χ4v) is 4.47. The number of nitrogens with zero attached hydrogens (tertiary/aromatic N) is 4. The van der Waals surface area contributed by atoms with Gasteiger partial charge in [-0.05, 0) is 42.8 Å². The monoisotopic (exact) mass is 509 g/mol. The average Bonchev–Trinajstić information content (AvgIpc) is 3.31. The Morgan fingerprint density at radius 1 is 1.06 bits per heavy atom. The summed E-state index contributed by atoms with van der Waals surface area (Å²) in [6.07, 6.45) is 1.80. The van der Waals surface area contributed by atoms with E-state index in [9.17, 15) is 9.59 Å². The van der Waals surface area contributed by atoms with Gasteiger partial charge in [-0.3, -0.25) is 14.3 Å². The van der Waals surface area contributed by atoms with Gasteiger partial charge in [0.2, 0.25) is 5.91 Å². The lowest BCUT2D eigenvalue weighted by Gasteiger charge is -2.26. The summed E-state index contributed by atoms with van der Waals surface area (Å²) in [6.45, 7) is 6.23. The van der Waals surface area contributed by atoms with E-state index in [2.05, 4.69) is 20.4 Å². The normalized spacial score (nSPS) is 13.9. The van der Waals surface area contributed by atoms with Crippen molar-refractivity contribution in [3.05, 3.63) is 66.0 Å². The van der Waals surface area contributed by atoms with Crippen LogP contribution in [0.4, 0.5) is 5.69 Å². The van der Waals surface area contributed by atoms with E-state index in [1.54, 1.807) is 24.3 Å². The van der Waals surface area contributed by atoms with Crippen molar-refractivity contribution in [3.63, 3.8) is 0 Å². The summed E-state index contributed by atoms with van der Waals surface area (Å²) in [7, 11) is 0. The van der Waals surface area contributed by atoms with Crippen molar-refractivity contribution in [1.82, 2.24) is 19.7 Å². The Bertz CT molecular complexity index is 1130. The number of amides is 1. The van der Waals surface area contributed by atoms with E-state index in [0.717, 1.165) is 37.4 Å². The molecule has 0 atom stereocenters. The number of benzene rings is 2. The lowest BCUT2D eigenvalue weighted by Crippen LogP contribution is -2.36. The molecule has 3 aromatic rings. The molecule has 190 valence electrons. The van der Waals surface area contributed by atoms with Crippen LogP contribution >= 0.6 is 11.8 Å². The summed E-state index contributed by atoms with van der Waals surface area (Å²) in [5.41, 5.74) is 2.03. The molecule has 2 heterocycles. The maximum atomic E-state index is 12.6. The number of para-hydroxylation sites is 1. The fraction of sp³-hybridized carbons (Fsp3) is 0.385. The Morgan fingerprint density at radius 2 is 1.81 bits per heavy atom. The number of anilines is 1. The minimum atomic E-state index is -0.356. The van der Waals surface area contributed by atoms with Gasteiger partial charge in [-0.25, -0.2) is 4.79 Å². The van der Waals surface area contributed by atoms with E-state index in [1.807, 2.05) is 41.8 Å². The topological polar surface area (TPSA) is 98.6 Å². The maximum Gasteiger partial charge on any atom is 0.338 e. The zero-order chi connectivity index (χ0) is 25.2. The van der Waals surface area contributed by atoms with Crippen LogP contribution < -0.4 is 5.32 Å². The van der Waals surface area contributed by atoms with Crippen molar-refractivity contribution in [1.29, 1.82) is 0 Å². The summed E-state index contributed by atoms with van der Waals surface area (Å²) in [6, 6.07) is 16.6. The molecule has 1 N–H and O–H groups in total. The van der Waals surface area contributed by atoms with Crippen molar-refractivity contribution >= 4 is 29.3 Å². The van der Waals surface area contributed by atoms with Crippen molar-refractivity contribution in [2.75, 3.05) is 44.0 Å². The molecule has 4 rings (SSSR count). The molecule has 0 bridgehead atoms. The van der Waals surface area contributed by atoms with Gasteiger partial charge >= 0.3 is 5.97 Å². The summed E-state index contributed by atoms with van der Waals surface area (Å²) in [5.74, 6) is 0.469. The molecule has 9 nitrogen and oxygen atoms in total. The molecule has 0 unspecified atom stereocenters. The van der Waals surface area contributed by atoms with Gasteiger partial charge in [0.15, 0.2) is 11.0 Å². The van der Waals surface area contributed by atoms with E-state index in [1.165, 1.54) is 11.8 Å². The Morgan fingerprint density at radius 3 is 2.53 bits per heavy atom. The van der Waals surface area contributed by atoms with Crippen molar-refractivity contribution < 1.29 is 19.1 Å². The third-order valence-corrected chi connectivity index (χ3v) is 6.58. The van der Waals surface area contributed by atoms with Crippen LogP contribution in [0.15, 0.2) is 59.8 Å². The number of rotatable bonds is 11. The number of nitrogens with one attached hydrogen (secondary N) is 1. The van der Waals surface area contributed by atoms with Crippen molar-refractivity contribution in [3.8, 4) is 5.69 Å². The average molecular weight is 510 g/mol. The highest BCUT2D eigenvalue weighted by Crippen LogP contribution is 2.23. The molecule has 1 aliphatic rings. The number of morpholine rings is 1. The van der Waals surface area contributed by atoms with Crippen LogP contribution in [0.2, 0.25) is 0 Å². The summed E-state index contributed by atoms with van der Waals surface area (Å²) in [4.78, 5) is 27.0. The van der Waals surface area contributed by atoms with E-state index in [4.69, 9.17) is 9.47 Å². The number of aromatic nitrogens is 3. The zero-order valence-corrected chi connectivity index (χ0v) is 21.2. The molecule has 0 aliphatic carbocycles. The standard InChI is InChI=1S/C26H31N5O4S/c1-2-3-15-35-25(33)20-9-11-21(12-10-20)27-24(32)19-36-26-29-28-23(18-30-13-16-34-17-14-30)31(26)22-7-5-4-6-8-22/h4-12H,2-3,13-19H2,1H3,(H,27,32). The molecule has 1 aromatic heterocycles. The Labute approximate surface area is 215 Å². The van der Waals surface area contributed by atoms with Crippen LogP contribution in [0.3, 0.4) is 0 Å². The van der Waals surface area contributed by atoms with Crippen LogP contribution in [-0.2, 0) is 20.8 Å². The first kappa shape index (κ1) is 25.9. The molecule has 1 aliphatic heterocycles. The first-order valence-corrected chi connectivity index (χ1v) is 13.1. The van der Waals surface area contributed by atoms with Gasteiger partial charge in [0.25, 0.3) is 0 Å². The highest BCUT2D eigenvalue weighted by molar-refractivity contribution is 7.99. The second kappa shape index (κ2) is 13.2. The first-order valence-electron chi connectivity index (χ1n) is 12.1. The summed E-state index contributed by atoms with van der Waals surface area (Å²) < 4.78 is 12.7. The smallest absolute Gasteiger partial charge is 0.338 e. The predicted octanol–water partition coefficient (Wildman–Crippen LogP) is 3.79. The Kier molecular flexibility index (Phi) is 9.48. The molecule has 1 saturated heterocycles. The molecule has 1 fully saturated rings. The SMILES string of the molecule is CCCCOC(=O)c1ccc(NC(=O)CSc2nnc(CN3CCOCC3)n2-c2ccccc2)cc1. The first-order chi connectivity index (χ1) is 17.6. The van der Waals surface area contributed by atoms with Gasteiger partial charge in [0.05, 0.1) is 37.7 Å². The third kappa shape index (κ3) is 7.16. The molecule has 0 radical (unpaired) electrons. The quantitative estimate of drug-likeness (QED) is 0.237. The van der Waals surface area contributed by atoms with Gasteiger partial charge in [-0.2, -0.15) is 0 Å². The molecule has 1 amide bonds. The zero-order valence-electron chi connectivity index (χ0n) is 20.4. The van der Waals surface area contributed by atoms with E-state index < -0.39 is 0 Å². The van der Waals surface area contributed by atoms with Crippen LogP contribution in [0.1, 0.15) is 35.9 Å². The minimum absolute atomic E-state index is 0.170. The molecular weight excluding hydrogens is 478 g/mol. The summed E-state index contributed by atoms with van der Waals surface area (Å²) >= 11 is 1.33. The Balaban J connectivity index is 1.37. The van der Waals surface area contributed by atoms with Crippen molar-refractivity contribution in [2.45, 2.75) is 31.5 Å². The highest BCUT2D eigenvalue weighted by Gasteiger charge is 2.19. The van der Waals surface area contributed by atoms with Gasteiger partial charge in [-0.15, -0.1) is 10.2 Å². The number of hydrogen-bond acceptors (Lipinski definition) is 8. The molecule has 0 saturated carbocycles. The van der Waals surface area contributed by atoms with Crippen LogP contribution in [0.25, 0.3) is 5.69 Å². The molecule has 2 aromatic carbocycles. The van der Waals surface area contributed by atoms with Crippen LogP contribution in [0, 0.1) is 0 Å². The number of carbonyl (C=O) groups excluding carboxylic acids is 2. The van der Waals surface area contributed by atoms with E-state index >= 15 is 0 Å². The molecule has 36 heavy (non-hydrogen) atoms. The van der Waals surface area contributed by atoms with Gasteiger partial charge < -0.3 is 14.8 Å². The van der Waals surface area contributed by atoms with E-state index in [-0.39, 0.29) is 17.6 Å². The second-order valence-electron chi connectivity index (χ2n) is 8.36. The molecule has 0 spiro atoms. The number of carbonyl (C=O) groups is 2. The van der Waals surface area contributed by atoms with Crippen molar-refractivity contribution in [2.24, 2.45) is 0 Å².